The number of benzene rings is 1. The summed E-state index contributed by atoms with van der Waals surface area (Å²) >= 11 is 6.22. The van der Waals surface area contributed by atoms with Crippen LogP contribution in [-0.4, -0.2) is 24.1 Å². The van der Waals surface area contributed by atoms with Gasteiger partial charge in [0, 0.05) is 11.4 Å². The van der Waals surface area contributed by atoms with Gasteiger partial charge in [0.15, 0.2) is 0 Å². The molecule has 1 aliphatic carbocycles. The molecule has 0 aliphatic heterocycles. The van der Waals surface area contributed by atoms with E-state index in [0.29, 0.717) is 5.15 Å². The third kappa shape index (κ3) is 2.95. The molecule has 0 unspecified atom stereocenters. The molecule has 4 nitrogen and oxygen atoms in total. The van der Waals surface area contributed by atoms with Gasteiger partial charge in [0.2, 0.25) is 0 Å². The lowest BCUT2D eigenvalue weighted by Gasteiger charge is -2.14. The summed E-state index contributed by atoms with van der Waals surface area (Å²) in [4.78, 5) is 15.9. The maximum Gasteiger partial charge on any atom is 0.308 e. The van der Waals surface area contributed by atoms with Crippen LogP contribution in [0, 0.1) is 5.92 Å². The molecule has 0 radical (unpaired) electrons. The van der Waals surface area contributed by atoms with Crippen LogP contribution in [-0.2, 0) is 9.53 Å². The number of carbonyl (C=O) groups excluding carboxylic acids is 1. The molecule has 1 heterocycles. The fraction of sp³-hybridized carbons (Fsp3) is 0.375. The molecule has 1 saturated carbocycles. The number of hydrogen-bond donors (Lipinski definition) is 1. The molecule has 2 aromatic rings. The van der Waals surface area contributed by atoms with E-state index in [1.54, 1.807) is 0 Å². The quantitative estimate of drug-likeness (QED) is 0.695. The molecule has 5 heteroatoms. The van der Waals surface area contributed by atoms with Crippen LogP contribution >= 0.6 is 11.6 Å². The summed E-state index contributed by atoms with van der Waals surface area (Å²) in [5.41, 5.74) is 0. The molecule has 1 N–H and O–H groups in total. The first-order chi connectivity index (χ1) is 10.2. The zero-order valence-corrected chi connectivity index (χ0v) is 12.6. The van der Waals surface area contributed by atoms with Gasteiger partial charge in [0.25, 0.3) is 0 Å². The molecule has 0 saturated heterocycles. The molecular weight excluding hydrogens is 288 g/mol. The van der Waals surface area contributed by atoms with Crippen molar-refractivity contribution < 1.29 is 9.53 Å². The second-order valence-corrected chi connectivity index (χ2v) is 5.75. The van der Waals surface area contributed by atoms with Gasteiger partial charge in [-0.1, -0.05) is 35.9 Å². The Kier molecular flexibility index (Phi) is 3.97. The average molecular weight is 305 g/mol. The first kappa shape index (κ1) is 14.1. The van der Waals surface area contributed by atoms with Crippen LogP contribution in [0.2, 0.25) is 5.15 Å². The first-order valence-electron chi connectivity index (χ1n) is 7.07. The van der Waals surface area contributed by atoms with E-state index in [4.69, 9.17) is 16.3 Å². The number of pyridine rings is 1. The molecule has 1 aromatic carbocycles. The molecule has 1 aliphatic rings. The minimum atomic E-state index is -0.121. The summed E-state index contributed by atoms with van der Waals surface area (Å²) in [5.74, 6) is 0.626. The second-order valence-electron chi connectivity index (χ2n) is 5.39. The van der Waals surface area contributed by atoms with Crippen LogP contribution in [0.25, 0.3) is 10.8 Å². The Morgan fingerprint density at radius 1 is 1.38 bits per heavy atom. The predicted octanol–water partition coefficient (Wildman–Crippen LogP) is 3.64. The highest BCUT2D eigenvalue weighted by Gasteiger charge is 2.30. The lowest BCUT2D eigenvalue weighted by atomic mass is 10.1. The predicted molar refractivity (Wildman–Crippen MR) is 83.5 cm³/mol. The maximum atomic E-state index is 11.6. The highest BCUT2D eigenvalue weighted by molar-refractivity contribution is 6.34. The van der Waals surface area contributed by atoms with Crippen molar-refractivity contribution in [2.24, 2.45) is 5.92 Å². The highest BCUT2D eigenvalue weighted by Crippen LogP contribution is 2.30. The van der Waals surface area contributed by atoms with Crippen molar-refractivity contribution in [3.63, 3.8) is 0 Å². The van der Waals surface area contributed by atoms with E-state index in [1.807, 2.05) is 30.3 Å². The molecule has 0 bridgehead atoms. The number of nitrogens with one attached hydrogen (secondary N) is 1. The van der Waals surface area contributed by atoms with Gasteiger partial charge < -0.3 is 10.1 Å². The standard InChI is InChI=1S/C16H17ClN2O2/c1-21-16(20)11-6-7-12(8-11)18-14-9-10-4-2-3-5-13(10)15(17)19-14/h2-5,9,11-12H,6-8H2,1H3,(H,18,19)/t11-,12+/m0/s1. The molecule has 2 atom stereocenters. The van der Waals surface area contributed by atoms with E-state index in [9.17, 15) is 4.79 Å². The van der Waals surface area contributed by atoms with Gasteiger partial charge in [-0.25, -0.2) is 4.98 Å². The van der Waals surface area contributed by atoms with Crippen LogP contribution in [0.4, 0.5) is 5.82 Å². The van der Waals surface area contributed by atoms with Crippen LogP contribution in [0.5, 0.6) is 0 Å². The number of fused-ring (bicyclic) bond motifs is 1. The monoisotopic (exact) mass is 304 g/mol. The Morgan fingerprint density at radius 2 is 2.19 bits per heavy atom. The van der Waals surface area contributed by atoms with Crippen molar-refractivity contribution in [1.82, 2.24) is 4.98 Å². The van der Waals surface area contributed by atoms with Crippen molar-refractivity contribution in [1.29, 1.82) is 0 Å². The van der Waals surface area contributed by atoms with E-state index in [1.165, 1.54) is 7.11 Å². The van der Waals surface area contributed by atoms with E-state index in [2.05, 4.69) is 10.3 Å². The largest absolute Gasteiger partial charge is 0.469 e. The Balaban J connectivity index is 1.75. The first-order valence-corrected chi connectivity index (χ1v) is 7.45. The van der Waals surface area contributed by atoms with Gasteiger partial charge in [-0.05, 0) is 30.7 Å². The van der Waals surface area contributed by atoms with Crippen LogP contribution in [0.3, 0.4) is 0 Å². The summed E-state index contributed by atoms with van der Waals surface area (Å²) in [6.45, 7) is 0. The maximum absolute atomic E-state index is 11.6. The van der Waals surface area contributed by atoms with Crippen molar-refractivity contribution in [3.8, 4) is 0 Å². The summed E-state index contributed by atoms with van der Waals surface area (Å²) in [7, 11) is 1.44. The molecular formula is C16H17ClN2O2. The number of nitrogens with zero attached hydrogens (tertiary/aromatic N) is 1. The molecule has 110 valence electrons. The van der Waals surface area contributed by atoms with Crippen molar-refractivity contribution >= 4 is 34.2 Å². The number of carbonyl (C=O) groups is 1. The number of ether oxygens (including phenoxy) is 1. The van der Waals surface area contributed by atoms with Gasteiger partial charge in [-0.3, -0.25) is 4.79 Å². The van der Waals surface area contributed by atoms with Gasteiger partial charge in [0.05, 0.1) is 13.0 Å². The highest BCUT2D eigenvalue weighted by atomic mass is 35.5. The van der Waals surface area contributed by atoms with Crippen LogP contribution in [0.15, 0.2) is 30.3 Å². The van der Waals surface area contributed by atoms with E-state index in [0.717, 1.165) is 35.9 Å². The Bertz CT molecular complexity index is 674. The summed E-state index contributed by atoms with van der Waals surface area (Å²) in [5, 5.41) is 5.88. The minimum Gasteiger partial charge on any atom is -0.469 e. The van der Waals surface area contributed by atoms with Crippen LogP contribution < -0.4 is 5.32 Å². The number of rotatable bonds is 3. The summed E-state index contributed by atoms with van der Waals surface area (Å²) in [6.07, 6.45) is 2.57. The SMILES string of the molecule is COC(=O)[C@H]1CC[C@@H](Nc2cc3ccccc3c(Cl)n2)C1. The zero-order valence-electron chi connectivity index (χ0n) is 11.8. The third-order valence-corrected chi connectivity index (χ3v) is 4.30. The Hall–Kier alpha value is -1.81. The molecule has 1 aromatic heterocycles. The van der Waals surface area contributed by atoms with E-state index in [-0.39, 0.29) is 17.9 Å². The smallest absolute Gasteiger partial charge is 0.308 e. The molecule has 21 heavy (non-hydrogen) atoms. The van der Waals surface area contributed by atoms with Gasteiger partial charge in [-0.2, -0.15) is 0 Å². The van der Waals surface area contributed by atoms with Crippen molar-refractivity contribution in [2.45, 2.75) is 25.3 Å². The minimum absolute atomic E-state index is 0.0107. The fourth-order valence-electron chi connectivity index (χ4n) is 2.93. The van der Waals surface area contributed by atoms with Crippen molar-refractivity contribution in [2.75, 3.05) is 12.4 Å². The number of anilines is 1. The van der Waals surface area contributed by atoms with Crippen LogP contribution in [0.1, 0.15) is 19.3 Å². The summed E-state index contributed by atoms with van der Waals surface area (Å²) < 4.78 is 4.81. The normalized spacial score (nSPS) is 21.4. The van der Waals surface area contributed by atoms with Gasteiger partial charge >= 0.3 is 5.97 Å². The fourth-order valence-corrected chi connectivity index (χ4v) is 3.20. The number of esters is 1. The average Bonchev–Trinajstić information content (AvgIpc) is 2.95. The van der Waals surface area contributed by atoms with Gasteiger partial charge in [0.1, 0.15) is 11.0 Å². The Morgan fingerprint density at radius 3 is 3.00 bits per heavy atom. The summed E-state index contributed by atoms with van der Waals surface area (Å²) in [6, 6.07) is 10.1. The molecule has 0 spiro atoms. The number of hydrogen-bond acceptors (Lipinski definition) is 4. The number of halogens is 1. The second kappa shape index (κ2) is 5.90. The van der Waals surface area contributed by atoms with E-state index < -0.39 is 0 Å². The topological polar surface area (TPSA) is 51.2 Å². The zero-order chi connectivity index (χ0) is 14.8. The van der Waals surface area contributed by atoms with Crippen molar-refractivity contribution in [3.05, 3.63) is 35.5 Å². The molecule has 1 fully saturated rings. The Labute approximate surface area is 128 Å². The van der Waals surface area contributed by atoms with E-state index >= 15 is 0 Å². The third-order valence-electron chi connectivity index (χ3n) is 4.01. The number of aromatic nitrogens is 1. The lowest BCUT2D eigenvalue weighted by molar-refractivity contribution is -0.145. The van der Waals surface area contributed by atoms with Gasteiger partial charge in [-0.15, -0.1) is 0 Å². The molecule has 0 amide bonds. The number of methoxy groups -OCH3 is 1. The molecule has 3 rings (SSSR count). The lowest BCUT2D eigenvalue weighted by Crippen LogP contribution is -2.19.